The van der Waals surface area contributed by atoms with E-state index in [1.54, 1.807) is 6.07 Å². The van der Waals surface area contributed by atoms with Crippen LogP contribution in [0, 0.1) is 11.7 Å². The first-order valence-electron chi connectivity index (χ1n) is 10.2. The first-order valence-corrected chi connectivity index (χ1v) is 10.2. The van der Waals surface area contributed by atoms with Gasteiger partial charge in [-0.3, -0.25) is 19.3 Å². The Labute approximate surface area is 164 Å². The molecular weight excluding hydrogens is 361 g/mol. The molecule has 0 aliphatic carbocycles. The second-order valence-corrected chi connectivity index (χ2v) is 7.93. The van der Waals surface area contributed by atoms with Crippen molar-refractivity contribution >= 4 is 23.4 Å². The third-order valence-electron chi connectivity index (χ3n) is 6.20. The third-order valence-corrected chi connectivity index (χ3v) is 6.20. The summed E-state index contributed by atoms with van der Waals surface area (Å²) < 4.78 is 14.1. The highest BCUT2D eigenvalue weighted by atomic mass is 19.1. The van der Waals surface area contributed by atoms with E-state index in [2.05, 4.69) is 0 Å². The monoisotopic (exact) mass is 387 g/mol. The summed E-state index contributed by atoms with van der Waals surface area (Å²) in [5, 5.41) is 0. The Kier molecular flexibility index (Phi) is 5.44. The van der Waals surface area contributed by atoms with Crippen LogP contribution in [0.5, 0.6) is 0 Å². The Morgan fingerprint density at radius 2 is 1.64 bits per heavy atom. The second kappa shape index (κ2) is 7.99. The van der Waals surface area contributed by atoms with Crippen molar-refractivity contribution in [2.24, 2.45) is 5.92 Å². The van der Waals surface area contributed by atoms with E-state index in [1.807, 2.05) is 9.80 Å². The van der Waals surface area contributed by atoms with Crippen molar-refractivity contribution in [3.8, 4) is 0 Å². The molecule has 0 saturated carbocycles. The normalized spacial score (nSPS) is 24.8. The summed E-state index contributed by atoms with van der Waals surface area (Å²) in [4.78, 5) is 42.9. The number of imide groups is 1. The van der Waals surface area contributed by atoms with Crippen LogP contribution in [0.4, 0.5) is 10.1 Å². The van der Waals surface area contributed by atoms with Crippen LogP contribution in [0.15, 0.2) is 24.3 Å². The van der Waals surface area contributed by atoms with Gasteiger partial charge in [-0.05, 0) is 57.3 Å². The molecular formula is C21H26FN3O3. The Morgan fingerprint density at radius 1 is 0.964 bits per heavy atom. The van der Waals surface area contributed by atoms with E-state index in [9.17, 15) is 18.8 Å². The molecule has 1 atom stereocenters. The quantitative estimate of drug-likeness (QED) is 0.746. The molecule has 0 N–H and O–H groups in total. The molecule has 4 rings (SSSR count). The summed E-state index contributed by atoms with van der Waals surface area (Å²) >= 11 is 0. The maximum absolute atomic E-state index is 14.1. The topological polar surface area (TPSA) is 60.9 Å². The number of amides is 3. The third kappa shape index (κ3) is 3.55. The van der Waals surface area contributed by atoms with E-state index in [0.717, 1.165) is 30.8 Å². The molecule has 6 nitrogen and oxygen atoms in total. The Morgan fingerprint density at radius 3 is 2.32 bits per heavy atom. The molecule has 28 heavy (non-hydrogen) atoms. The molecule has 1 aromatic carbocycles. The molecule has 3 aliphatic rings. The number of carbonyl (C=O) groups is 3. The Hall–Kier alpha value is -2.28. The van der Waals surface area contributed by atoms with Gasteiger partial charge in [-0.25, -0.2) is 9.29 Å². The number of para-hydroxylation sites is 1. The van der Waals surface area contributed by atoms with Gasteiger partial charge in [0.2, 0.25) is 11.8 Å². The lowest BCUT2D eigenvalue weighted by Crippen LogP contribution is -2.49. The summed E-state index contributed by atoms with van der Waals surface area (Å²) in [6.07, 6.45) is 4.82. The lowest BCUT2D eigenvalue weighted by molar-refractivity contribution is -0.138. The number of piperidine rings is 2. The molecule has 0 unspecified atom stereocenters. The van der Waals surface area contributed by atoms with E-state index < -0.39 is 11.9 Å². The van der Waals surface area contributed by atoms with Gasteiger partial charge in [0.25, 0.3) is 5.91 Å². The van der Waals surface area contributed by atoms with Gasteiger partial charge in [-0.15, -0.1) is 0 Å². The molecule has 3 aliphatic heterocycles. The molecule has 3 fully saturated rings. The molecule has 0 aromatic heterocycles. The molecule has 7 heteroatoms. The van der Waals surface area contributed by atoms with Crippen molar-refractivity contribution < 1.29 is 18.8 Å². The maximum atomic E-state index is 14.1. The molecule has 1 aromatic rings. The number of halogens is 1. The number of rotatable bonds is 3. The van der Waals surface area contributed by atoms with Gasteiger partial charge >= 0.3 is 0 Å². The standard InChI is InChI=1S/C21H26FN3O3/c22-16-6-2-3-7-17(16)25-19(26)14-18(21(25)28)23-12-8-15(9-13-23)20(27)24-10-4-1-5-11-24/h2-3,6-7,15,18H,1,4-5,8-14H2/t18-/m0/s1. The van der Waals surface area contributed by atoms with Crippen LogP contribution >= 0.6 is 0 Å². The van der Waals surface area contributed by atoms with Crippen molar-refractivity contribution in [2.75, 3.05) is 31.1 Å². The van der Waals surface area contributed by atoms with Crippen molar-refractivity contribution in [1.29, 1.82) is 0 Å². The van der Waals surface area contributed by atoms with E-state index in [4.69, 9.17) is 0 Å². The average Bonchev–Trinajstić information content (AvgIpc) is 3.03. The summed E-state index contributed by atoms with van der Waals surface area (Å²) in [7, 11) is 0. The van der Waals surface area contributed by atoms with E-state index in [-0.39, 0.29) is 35.7 Å². The van der Waals surface area contributed by atoms with E-state index in [1.165, 1.54) is 24.6 Å². The Balaban J connectivity index is 1.38. The van der Waals surface area contributed by atoms with Gasteiger partial charge in [0.05, 0.1) is 18.2 Å². The Bertz CT molecular complexity index is 770. The number of carbonyl (C=O) groups excluding carboxylic acids is 3. The zero-order valence-electron chi connectivity index (χ0n) is 16.0. The minimum Gasteiger partial charge on any atom is -0.342 e. The SMILES string of the molecule is O=C(C1CCN([C@H]2CC(=O)N(c3ccccc3F)C2=O)CC1)N1CCCCC1. The highest BCUT2D eigenvalue weighted by Crippen LogP contribution is 2.30. The van der Waals surface area contributed by atoms with Crippen LogP contribution in [0.25, 0.3) is 0 Å². The van der Waals surface area contributed by atoms with Gasteiger partial charge < -0.3 is 4.90 Å². The van der Waals surface area contributed by atoms with Crippen LogP contribution in [-0.4, -0.2) is 59.7 Å². The number of likely N-dealkylation sites (tertiary alicyclic amines) is 2. The van der Waals surface area contributed by atoms with Crippen molar-refractivity contribution in [2.45, 2.75) is 44.6 Å². The first-order chi connectivity index (χ1) is 13.6. The van der Waals surface area contributed by atoms with Crippen molar-refractivity contribution in [1.82, 2.24) is 9.80 Å². The molecule has 150 valence electrons. The lowest BCUT2D eigenvalue weighted by atomic mass is 9.93. The minimum atomic E-state index is -0.573. The second-order valence-electron chi connectivity index (χ2n) is 7.93. The first kappa shape index (κ1) is 19.1. The van der Waals surface area contributed by atoms with Crippen LogP contribution in [0.3, 0.4) is 0 Å². The number of hydrogen-bond donors (Lipinski definition) is 0. The molecule has 0 spiro atoms. The van der Waals surface area contributed by atoms with Gasteiger partial charge in [0.15, 0.2) is 0 Å². The average molecular weight is 387 g/mol. The van der Waals surface area contributed by atoms with Crippen LogP contribution < -0.4 is 4.90 Å². The maximum Gasteiger partial charge on any atom is 0.251 e. The molecule has 3 heterocycles. The van der Waals surface area contributed by atoms with Gasteiger partial charge in [-0.1, -0.05) is 12.1 Å². The highest BCUT2D eigenvalue weighted by molar-refractivity contribution is 6.22. The zero-order chi connectivity index (χ0) is 19.7. The zero-order valence-corrected chi connectivity index (χ0v) is 16.0. The molecule has 3 amide bonds. The predicted molar refractivity (Wildman–Crippen MR) is 102 cm³/mol. The number of nitrogens with zero attached hydrogens (tertiary/aromatic N) is 3. The summed E-state index contributed by atoms with van der Waals surface area (Å²) in [5.74, 6) is -1.07. The van der Waals surface area contributed by atoms with Crippen LogP contribution in [0.2, 0.25) is 0 Å². The van der Waals surface area contributed by atoms with E-state index >= 15 is 0 Å². The van der Waals surface area contributed by atoms with Crippen molar-refractivity contribution in [3.05, 3.63) is 30.1 Å². The fourth-order valence-electron chi connectivity index (χ4n) is 4.62. The van der Waals surface area contributed by atoms with Crippen molar-refractivity contribution in [3.63, 3.8) is 0 Å². The summed E-state index contributed by atoms with van der Waals surface area (Å²) in [6, 6.07) is 5.30. The lowest BCUT2D eigenvalue weighted by Gasteiger charge is -2.37. The van der Waals surface area contributed by atoms with Crippen LogP contribution in [0.1, 0.15) is 38.5 Å². The van der Waals surface area contributed by atoms with Gasteiger partial charge in [0, 0.05) is 19.0 Å². The number of hydrogen-bond acceptors (Lipinski definition) is 4. The predicted octanol–water partition coefficient (Wildman–Crippen LogP) is 2.18. The van der Waals surface area contributed by atoms with Gasteiger partial charge in [0.1, 0.15) is 5.82 Å². The fraction of sp³-hybridized carbons (Fsp3) is 0.571. The fourth-order valence-corrected chi connectivity index (χ4v) is 4.62. The molecule has 0 radical (unpaired) electrons. The van der Waals surface area contributed by atoms with E-state index in [0.29, 0.717) is 25.9 Å². The number of benzene rings is 1. The summed E-state index contributed by atoms with van der Waals surface area (Å²) in [5.41, 5.74) is 0.0233. The van der Waals surface area contributed by atoms with Crippen LogP contribution in [-0.2, 0) is 14.4 Å². The largest absolute Gasteiger partial charge is 0.342 e. The number of anilines is 1. The minimum absolute atomic E-state index is 0.00391. The highest BCUT2D eigenvalue weighted by Gasteiger charge is 2.44. The molecule has 0 bridgehead atoms. The smallest absolute Gasteiger partial charge is 0.251 e. The van der Waals surface area contributed by atoms with Gasteiger partial charge in [-0.2, -0.15) is 0 Å². The molecule has 3 saturated heterocycles. The summed E-state index contributed by atoms with van der Waals surface area (Å²) in [6.45, 7) is 2.93.